The molecule has 0 aliphatic rings. The number of thiophene rings is 1. The number of nitrogens with one attached hydrogen (secondary N) is 1. The first-order valence-corrected chi connectivity index (χ1v) is 8.72. The summed E-state index contributed by atoms with van der Waals surface area (Å²) >= 11 is 1.24. The van der Waals surface area contributed by atoms with Crippen molar-refractivity contribution in [1.29, 1.82) is 0 Å². The zero-order valence-corrected chi connectivity index (χ0v) is 15.2. The summed E-state index contributed by atoms with van der Waals surface area (Å²) in [6.07, 6.45) is 0. The Morgan fingerprint density at radius 1 is 1.27 bits per heavy atom. The van der Waals surface area contributed by atoms with Gasteiger partial charge in [-0.05, 0) is 47.4 Å². The minimum Gasteiger partial charge on any atom is -0.337 e. The molecule has 0 bridgehead atoms. The maximum absolute atomic E-state index is 12.9. The number of aromatic nitrogens is 4. The molecule has 4 aromatic rings. The number of hydrogen-bond acceptors (Lipinski definition) is 7. The molecule has 4 rings (SSSR count). The van der Waals surface area contributed by atoms with Gasteiger partial charge in [0, 0.05) is 13.6 Å². The van der Waals surface area contributed by atoms with E-state index < -0.39 is 0 Å². The first-order valence-electron chi connectivity index (χ1n) is 7.90. The third-order valence-corrected chi connectivity index (χ3v) is 5.37. The lowest BCUT2D eigenvalue weighted by molar-refractivity contribution is 0.0789. The van der Waals surface area contributed by atoms with Crippen molar-refractivity contribution in [3.05, 3.63) is 50.4 Å². The highest BCUT2D eigenvalue weighted by atomic mass is 32.1. The van der Waals surface area contributed by atoms with Gasteiger partial charge in [0.25, 0.3) is 11.5 Å². The predicted molar refractivity (Wildman–Crippen MR) is 97.3 cm³/mol. The van der Waals surface area contributed by atoms with Gasteiger partial charge in [-0.15, -0.1) is 11.3 Å². The highest BCUT2D eigenvalue weighted by Crippen LogP contribution is 2.28. The number of benzene rings is 1. The van der Waals surface area contributed by atoms with Crippen molar-refractivity contribution in [2.45, 2.75) is 20.4 Å². The Bertz CT molecular complexity index is 1210. The second-order valence-electron chi connectivity index (χ2n) is 6.14. The van der Waals surface area contributed by atoms with Crippen molar-refractivity contribution in [1.82, 2.24) is 25.2 Å². The molecule has 0 unspecified atom stereocenters. The summed E-state index contributed by atoms with van der Waals surface area (Å²) < 4.78 is 4.69. The zero-order chi connectivity index (χ0) is 18.4. The van der Waals surface area contributed by atoms with E-state index in [4.69, 9.17) is 4.63 Å². The SMILES string of the molecule is Cc1nc2sc(C(=O)N(C)Cc3ccc4nonc4c3)c(C)c2c(=O)[nH]1. The number of aryl methyl sites for hydroxylation is 2. The Hall–Kier alpha value is -3.07. The van der Waals surface area contributed by atoms with E-state index in [9.17, 15) is 9.59 Å². The molecule has 3 heterocycles. The number of hydrogen-bond donors (Lipinski definition) is 1. The molecular weight excluding hydrogens is 354 g/mol. The number of H-pyrrole nitrogens is 1. The number of nitrogens with zero attached hydrogens (tertiary/aromatic N) is 4. The standard InChI is InChI=1S/C17H15N5O3S/c1-8-13-15(23)18-9(2)19-16(13)26-14(8)17(24)22(3)7-10-4-5-11-12(6-10)21-25-20-11/h4-6H,7H2,1-3H3,(H,18,19,23). The third-order valence-electron chi connectivity index (χ3n) is 4.20. The summed E-state index contributed by atoms with van der Waals surface area (Å²) in [4.78, 5) is 34.8. The van der Waals surface area contributed by atoms with Crippen molar-refractivity contribution in [3.8, 4) is 0 Å². The van der Waals surface area contributed by atoms with Crippen LogP contribution >= 0.6 is 11.3 Å². The third kappa shape index (κ3) is 2.66. The molecule has 0 atom stereocenters. The van der Waals surface area contributed by atoms with Gasteiger partial charge in [0.05, 0.1) is 10.3 Å². The smallest absolute Gasteiger partial charge is 0.264 e. The maximum atomic E-state index is 12.9. The normalized spacial score (nSPS) is 11.3. The van der Waals surface area contributed by atoms with E-state index in [1.807, 2.05) is 12.1 Å². The Kier molecular flexibility index (Phi) is 3.80. The Morgan fingerprint density at radius 2 is 2.04 bits per heavy atom. The fraction of sp³-hybridized carbons (Fsp3) is 0.235. The second kappa shape index (κ2) is 6.03. The van der Waals surface area contributed by atoms with E-state index in [1.54, 1.807) is 31.9 Å². The van der Waals surface area contributed by atoms with Crippen molar-refractivity contribution >= 4 is 38.5 Å². The molecule has 3 aromatic heterocycles. The first-order chi connectivity index (χ1) is 12.4. The molecule has 0 saturated carbocycles. The van der Waals surface area contributed by atoms with Gasteiger partial charge >= 0.3 is 0 Å². The van der Waals surface area contributed by atoms with Crippen LogP contribution in [-0.4, -0.2) is 38.1 Å². The number of carbonyl (C=O) groups excluding carboxylic acids is 1. The molecule has 0 spiro atoms. The van der Waals surface area contributed by atoms with Crippen molar-refractivity contribution in [3.63, 3.8) is 0 Å². The number of aromatic amines is 1. The van der Waals surface area contributed by atoms with Gasteiger partial charge in [-0.2, -0.15) is 0 Å². The molecule has 0 fully saturated rings. The minimum absolute atomic E-state index is 0.152. The molecule has 1 aromatic carbocycles. The summed E-state index contributed by atoms with van der Waals surface area (Å²) in [5.74, 6) is 0.381. The summed E-state index contributed by atoms with van der Waals surface area (Å²) in [5, 5.41) is 8.06. The molecule has 0 aliphatic carbocycles. The summed E-state index contributed by atoms with van der Waals surface area (Å²) in [6, 6.07) is 5.52. The van der Waals surface area contributed by atoms with E-state index in [1.165, 1.54) is 11.3 Å². The van der Waals surface area contributed by atoms with Gasteiger partial charge in [0.2, 0.25) is 0 Å². The number of amides is 1. The average molecular weight is 369 g/mol. The highest BCUT2D eigenvalue weighted by Gasteiger charge is 2.21. The molecule has 1 N–H and O–H groups in total. The topological polar surface area (TPSA) is 105 Å². The minimum atomic E-state index is -0.216. The number of fused-ring (bicyclic) bond motifs is 2. The molecule has 132 valence electrons. The van der Waals surface area contributed by atoms with Crippen molar-refractivity contribution in [2.75, 3.05) is 7.05 Å². The van der Waals surface area contributed by atoms with Crippen molar-refractivity contribution in [2.24, 2.45) is 0 Å². The van der Waals surface area contributed by atoms with Gasteiger partial charge < -0.3 is 9.88 Å². The van der Waals surface area contributed by atoms with Crippen LogP contribution in [0.15, 0.2) is 27.6 Å². The van der Waals surface area contributed by atoms with E-state index in [-0.39, 0.29) is 11.5 Å². The molecule has 9 heteroatoms. The quantitative estimate of drug-likeness (QED) is 0.594. The van der Waals surface area contributed by atoms with E-state index >= 15 is 0 Å². The van der Waals surface area contributed by atoms with Crippen LogP contribution in [0.2, 0.25) is 0 Å². The lowest BCUT2D eigenvalue weighted by atomic mass is 10.1. The molecule has 0 radical (unpaired) electrons. The van der Waals surface area contributed by atoms with Crippen LogP contribution in [-0.2, 0) is 6.54 Å². The molecular formula is C17H15N5O3S. The van der Waals surface area contributed by atoms with Gasteiger partial charge in [-0.1, -0.05) is 6.07 Å². The molecule has 8 nitrogen and oxygen atoms in total. The summed E-state index contributed by atoms with van der Waals surface area (Å²) in [7, 11) is 1.72. The van der Waals surface area contributed by atoms with Gasteiger partial charge in [0.1, 0.15) is 21.7 Å². The predicted octanol–water partition coefficient (Wildman–Crippen LogP) is 2.41. The lowest BCUT2D eigenvalue weighted by Crippen LogP contribution is -2.26. The fourth-order valence-electron chi connectivity index (χ4n) is 2.90. The first kappa shape index (κ1) is 16.4. The van der Waals surface area contributed by atoms with E-state index in [2.05, 4.69) is 20.3 Å². The monoisotopic (exact) mass is 369 g/mol. The van der Waals surface area contributed by atoms with Crippen LogP contribution in [0.3, 0.4) is 0 Å². The Labute approximate surface area is 151 Å². The van der Waals surface area contributed by atoms with Gasteiger partial charge in [-0.3, -0.25) is 9.59 Å². The summed E-state index contributed by atoms with van der Waals surface area (Å²) in [5.41, 5.74) is 2.67. The second-order valence-corrected chi connectivity index (χ2v) is 7.14. The number of rotatable bonds is 3. The van der Waals surface area contributed by atoms with Crippen LogP contribution < -0.4 is 5.56 Å². The zero-order valence-electron chi connectivity index (χ0n) is 14.4. The molecule has 1 amide bonds. The van der Waals surface area contributed by atoms with E-state index in [0.717, 1.165) is 5.56 Å². The van der Waals surface area contributed by atoms with Crippen molar-refractivity contribution < 1.29 is 9.42 Å². The van der Waals surface area contributed by atoms with Crippen LogP contribution in [0.4, 0.5) is 0 Å². The molecule has 0 saturated heterocycles. The van der Waals surface area contributed by atoms with Crippen LogP contribution in [0.25, 0.3) is 21.3 Å². The van der Waals surface area contributed by atoms with Crippen LogP contribution in [0.5, 0.6) is 0 Å². The van der Waals surface area contributed by atoms with Gasteiger partial charge in [0.15, 0.2) is 0 Å². The summed E-state index contributed by atoms with van der Waals surface area (Å²) in [6.45, 7) is 3.90. The van der Waals surface area contributed by atoms with Crippen LogP contribution in [0.1, 0.15) is 26.6 Å². The maximum Gasteiger partial charge on any atom is 0.264 e. The lowest BCUT2D eigenvalue weighted by Gasteiger charge is -2.16. The van der Waals surface area contributed by atoms with E-state index in [0.29, 0.717) is 44.1 Å². The molecule has 0 aliphatic heterocycles. The molecule has 26 heavy (non-hydrogen) atoms. The number of carbonyl (C=O) groups is 1. The Balaban J connectivity index is 1.66. The van der Waals surface area contributed by atoms with Crippen LogP contribution in [0, 0.1) is 13.8 Å². The largest absolute Gasteiger partial charge is 0.337 e. The highest BCUT2D eigenvalue weighted by molar-refractivity contribution is 7.20. The Morgan fingerprint density at radius 3 is 2.85 bits per heavy atom. The fourth-order valence-corrected chi connectivity index (χ4v) is 4.12. The average Bonchev–Trinajstić information content (AvgIpc) is 3.18. The van der Waals surface area contributed by atoms with Gasteiger partial charge in [-0.25, -0.2) is 9.61 Å².